The van der Waals surface area contributed by atoms with Crippen molar-refractivity contribution in [2.24, 2.45) is 28.0 Å². The maximum Gasteiger partial charge on any atom is 0.254 e. The Morgan fingerprint density at radius 1 is 0.918 bits per heavy atom. The number of para-hydroxylation sites is 1. The summed E-state index contributed by atoms with van der Waals surface area (Å²) in [5.41, 5.74) is 2.73. The summed E-state index contributed by atoms with van der Waals surface area (Å²) in [7, 11) is 3.89. The third kappa shape index (κ3) is 4.85. The Labute approximate surface area is 299 Å². The van der Waals surface area contributed by atoms with Crippen LogP contribution in [0.25, 0.3) is 0 Å². The molecule has 2 heterocycles. The second kappa shape index (κ2) is 12.0. The van der Waals surface area contributed by atoms with Gasteiger partial charge in [0.05, 0.1) is 34.4 Å². The molecule has 6 unspecified atom stereocenters. The second-order valence-electron chi connectivity index (χ2n) is 12.8. The fourth-order valence-corrected chi connectivity index (χ4v) is 9.14. The number of benzene rings is 3. The average molecular weight is 769 g/mol. The van der Waals surface area contributed by atoms with E-state index in [-0.39, 0.29) is 23.9 Å². The van der Waals surface area contributed by atoms with E-state index in [0.29, 0.717) is 22.6 Å². The highest BCUT2D eigenvalue weighted by Gasteiger charge is 2.76. The number of phenols is 1. The van der Waals surface area contributed by atoms with E-state index in [0.717, 1.165) is 21.6 Å². The van der Waals surface area contributed by atoms with E-state index in [4.69, 9.17) is 23.2 Å². The molecule has 10 nitrogen and oxygen atoms in total. The standard InChI is InChI=1S/C35H29BrCl2FN5O5/c1-42(2)20-10-6-18(7-11-20)40-41-19-8-12-21(13-9-19)44-30(46)23-15-14-22-25(27(23)31(44)47)16-34(37)32(48)43(17-36)33(49)35(34,38)28(22)24-4-3-5-26(39)29(24)45/h3-14,23,25,27-28,45H,15-17H2,1-2H3. The van der Waals surface area contributed by atoms with Crippen LogP contribution in [0, 0.1) is 23.6 Å². The van der Waals surface area contributed by atoms with Gasteiger partial charge in [0.1, 0.15) is 0 Å². The molecule has 14 heteroatoms. The molecular formula is C35H29BrCl2FN5O5. The van der Waals surface area contributed by atoms with Crippen molar-refractivity contribution in [3.05, 3.63) is 89.8 Å². The zero-order chi connectivity index (χ0) is 35.0. The Kier molecular flexibility index (Phi) is 8.19. The first-order valence-corrected chi connectivity index (χ1v) is 17.4. The van der Waals surface area contributed by atoms with Crippen molar-refractivity contribution in [2.45, 2.75) is 28.5 Å². The van der Waals surface area contributed by atoms with E-state index in [1.165, 1.54) is 12.1 Å². The summed E-state index contributed by atoms with van der Waals surface area (Å²) in [5, 5.41) is 19.4. The number of halogens is 4. The van der Waals surface area contributed by atoms with Crippen molar-refractivity contribution >= 4 is 85.5 Å². The van der Waals surface area contributed by atoms with Crippen molar-refractivity contribution in [1.82, 2.24) is 4.90 Å². The number of amides is 4. The Morgan fingerprint density at radius 3 is 2.16 bits per heavy atom. The zero-order valence-electron chi connectivity index (χ0n) is 26.2. The quantitative estimate of drug-likeness (QED) is 0.0955. The number of aromatic hydroxyl groups is 1. The molecule has 2 aliphatic carbocycles. The van der Waals surface area contributed by atoms with Gasteiger partial charge in [0.15, 0.2) is 21.3 Å². The number of phenolic OH excluding ortho intramolecular Hbond substituents is 1. The van der Waals surface area contributed by atoms with Gasteiger partial charge in [0, 0.05) is 31.3 Å². The van der Waals surface area contributed by atoms with E-state index in [1.807, 2.05) is 43.3 Å². The number of hydrogen-bond donors (Lipinski definition) is 1. The number of alkyl halides is 3. The van der Waals surface area contributed by atoms with E-state index in [2.05, 4.69) is 26.2 Å². The topological polar surface area (TPSA) is 123 Å². The van der Waals surface area contributed by atoms with Crippen LogP contribution in [0.5, 0.6) is 5.75 Å². The highest BCUT2D eigenvalue weighted by atomic mass is 79.9. The largest absolute Gasteiger partial charge is 0.505 e. The first-order valence-electron chi connectivity index (χ1n) is 15.5. The molecule has 3 fully saturated rings. The molecule has 0 radical (unpaired) electrons. The van der Waals surface area contributed by atoms with Gasteiger partial charge in [-0.3, -0.25) is 29.0 Å². The highest BCUT2D eigenvalue weighted by Crippen LogP contribution is 2.66. The lowest BCUT2D eigenvalue weighted by Crippen LogP contribution is -2.60. The van der Waals surface area contributed by atoms with Gasteiger partial charge in [-0.15, -0.1) is 23.2 Å². The van der Waals surface area contributed by atoms with Crippen molar-refractivity contribution in [1.29, 1.82) is 0 Å². The summed E-state index contributed by atoms with van der Waals surface area (Å²) in [6.45, 7) is 0. The van der Waals surface area contributed by atoms with Gasteiger partial charge < -0.3 is 10.0 Å². The minimum Gasteiger partial charge on any atom is -0.505 e. The molecule has 252 valence electrons. The summed E-state index contributed by atoms with van der Waals surface area (Å²) >= 11 is 17.5. The number of likely N-dealkylation sites (tertiary alicyclic amines) is 1. The lowest BCUT2D eigenvalue weighted by Gasteiger charge is -2.50. The molecule has 0 bridgehead atoms. The summed E-state index contributed by atoms with van der Waals surface area (Å²) in [6, 6.07) is 17.9. The Bertz CT molecular complexity index is 1980. The minimum absolute atomic E-state index is 0.0426. The third-order valence-corrected chi connectivity index (χ3v) is 12.0. The molecule has 2 saturated heterocycles. The van der Waals surface area contributed by atoms with Crippen LogP contribution in [0.2, 0.25) is 0 Å². The minimum atomic E-state index is -2.15. The molecular weight excluding hydrogens is 740 g/mol. The maximum absolute atomic E-state index is 14.8. The van der Waals surface area contributed by atoms with Crippen molar-refractivity contribution in [2.75, 3.05) is 29.3 Å². The Morgan fingerprint density at radius 2 is 1.55 bits per heavy atom. The normalized spacial score (nSPS) is 29.3. The highest BCUT2D eigenvalue weighted by molar-refractivity contribution is 9.09. The number of carbonyl (C=O) groups excluding carboxylic acids is 4. The first kappa shape index (κ1) is 33.4. The lowest BCUT2D eigenvalue weighted by atomic mass is 9.56. The van der Waals surface area contributed by atoms with Crippen LogP contribution in [0.15, 0.2) is 88.6 Å². The molecule has 1 saturated carbocycles. The first-order chi connectivity index (χ1) is 23.3. The number of carbonyl (C=O) groups is 4. The van der Waals surface area contributed by atoms with Crippen LogP contribution >= 0.6 is 39.1 Å². The predicted octanol–water partition coefficient (Wildman–Crippen LogP) is 6.93. The van der Waals surface area contributed by atoms with Crippen LogP contribution in [0.1, 0.15) is 24.3 Å². The summed E-state index contributed by atoms with van der Waals surface area (Å²) in [4.78, 5) is 55.5. The average Bonchev–Trinajstić information content (AvgIpc) is 3.43. The lowest BCUT2D eigenvalue weighted by molar-refractivity contribution is -0.138. The summed E-state index contributed by atoms with van der Waals surface area (Å²) in [6.07, 6.45) is 1.61. The molecule has 49 heavy (non-hydrogen) atoms. The van der Waals surface area contributed by atoms with Crippen molar-refractivity contribution < 1.29 is 28.7 Å². The molecule has 4 aliphatic rings. The van der Waals surface area contributed by atoms with E-state index in [9.17, 15) is 28.7 Å². The van der Waals surface area contributed by atoms with Gasteiger partial charge in [0.25, 0.3) is 11.8 Å². The van der Waals surface area contributed by atoms with Crippen LogP contribution in [0.4, 0.5) is 27.1 Å². The van der Waals surface area contributed by atoms with Gasteiger partial charge >= 0.3 is 0 Å². The van der Waals surface area contributed by atoms with Gasteiger partial charge in [-0.1, -0.05) is 39.7 Å². The Balaban J connectivity index is 1.23. The molecule has 4 amide bonds. The smallest absolute Gasteiger partial charge is 0.254 e. The van der Waals surface area contributed by atoms with Crippen LogP contribution in [0.3, 0.4) is 0 Å². The molecule has 0 aromatic heterocycles. The third-order valence-electron chi connectivity index (χ3n) is 10.1. The van der Waals surface area contributed by atoms with Gasteiger partial charge in [-0.2, -0.15) is 10.2 Å². The molecule has 3 aromatic rings. The number of azo groups is 1. The fourth-order valence-electron chi connectivity index (χ4n) is 7.72. The fraction of sp³-hybridized carbons (Fsp3) is 0.314. The molecule has 1 N–H and O–H groups in total. The molecule has 7 rings (SSSR count). The van der Waals surface area contributed by atoms with Gasteiger partial charge in [-0.25, -0.2) is 4.39 Å². The number of imide groups is 2. The number of allylic oxidation sites excluding steroid dienone is 2. The van der Waals surface area contributed by atoms with E-state index in [1.54, 1.807) is 30.3 Å². The monoisotopic (exact) mass is 767 g/mol. The summed E-state index contributed by atoms with van der Waals surface area (Å²) in [5.74, 6) is -8.03. The Hall–Kier alpha value is -4.13. The number of hydrogen-bond acceptors (Lipinski definition) is 8. The maximum atomic E-state index is 14.8. The predicted molar refractivity (Wildman–Crippen MR) is 185 cm³/mol. The number of rotatable bonds is 6. The SMILES string of the molecule is CN(C)c1ccc(N=Nc2ccc(N3C(=O)C4CC=C5C(CC6(Cl)C(=O)N(CBr)C(=O)C6(Cl)C5c5cccc(F)c5O)C4C3=O)cc2)cc1. The number of anilines is 2. The van der Waals surface area contributed by atoms with Crippen LogP contribution in [-0.4, -0.2) is 62.9 Å². The van der Waals surface area contributed by atoms with Crippen molar-refractivity contribution in [3.8, 4) is 5.75 Å². The van der Waals surface area contributed by atoms with E-state index < -0.39 is 68.6 Å². The summed E-state index contributed by atoms with van der Waals surface area (Å²) < 4.78 is 14.8. The van der Waals surface area contributed by atoms with Crippen molar-refractivity contribution in [3.63, 3.8) is 0 Å². The second-order valence-corrected chi connectivity index (χ2v) is 14.5. The molecule has 0 spiro atoms. The van der Waals surface area contributed by atoms with E-state index >= 15 is 0 Å². The van der Waals surface area contributed by atoms with Crippen LogP contribution in [-0.2, 0) is 19.2 Å². The van der Waals surface area contributed by atoms with Crippen LogP contribution < -0.4 is 9.80 Å². The zero-order valence-corrected chi connectivity index (χ0v) is 29.3. The molecule has 3 aromatic carbocycles. The molecule has 6 atom stereocenters. The molecule has 2 aliphatic heterocycles. The number of nitrogens with zero attached hydrogens (tertiary/aromatic N) is 5. The van der Waals surface area contributed by atoms with Gasteiger partial charge in [0.2, 0.25) is 11.8 Å². The number of fused-ring (bicyclic) bond motifs is 4. The van der Waals surface area contributed by atoms with Gasteiger partial charge in [-0.05, 0) is 73.4 Å².